The van der Waals surface area contributed by atoms with E-state index < -0.39 is 9.84 Å². The number of nitrogens with zero attached hydrogens (tertiary/aromatic N) is 4. The molecule has 2 amide bonds. The van der Waals surface area contributed by atoms with Crippen LogP contribution in [-0.2, 0) is 14.6 Å². The molecule has 0 bridgehead atoms. The Balaban J connectivity index is 1.64. The predicted molar refractivity (Wildman–Crippen MR) is 113 cm³/mol. The zero-order valence-corrected chi connectivity index (χ0v) is 18.1. The molecule has 1 aromatic heterocycles. The molecule has 2 aromatic rings. The molecule has 0 unspecified atom stereocenters. The summed E-state index contributed by atoms with van der Waals surface area (Å²) in [5.41, 5.74) is 3.08. The van der Waals surface area contributed by atoms with Crippen LogP contribution in [0.2, 0.25) is 0 Å². The van der Waals surface area contributed by atoms with Crippen LogP contribution in [0.15, 0.2) is 30.3 Å². The maximum atomic E-state index is 13.1. The SMILES string of the molecule is CC(=O)N1CCN(C(=O)c2cc(-c3ccc(C)cc3)n([C@H]3CCS(=O)(=O)C3)n2)CC1. The van der Waals surface area contributed by atoms with E-state index >= 15 is 0 Å². The largest absolute Gasteiger partial charge is 0.339 e. The molecular weight excluding hydrogens is 404 g/mol. The standard InChI is InChI=1S/C21H26N4O4S/c1-15-3-5-17(6-4-15)20-13-19(22-25(20)18-7-12-30(28,29)14-18)21(27)24-10-8-23(9-11-24)16(2)26/h3-6,13,18H,7-12,14H2,1-2H3/t18-/m0/s1. The van der Waals surface area contributed by atoms with Crippen molar-refractivity contribution in [2.24, 2.45) is 0 Å². The van der Waals surface area contributed by atoms with Crippen LogP contribution in [0, 0.1) is 6.92 Å². The molecule has 4 rings (SSSR count). The summed E-state index contributed by atoms with van der Waals surface area (Å²) in [6.07, 6.45) is 0.494. The van der Waals surface area contributed by atoms with Crippen LogP contribution < -0.4 is 0 Å². The molecule has 1 aromatic carbocycles. The number of rotatable bonds is 3. The quantitative estimate of drug-likeness (QED) is 0.736. The van der Waals surface area contributed by atoms with Gasteiger partial charge in [0.15, 0.2) is 15.5 Å². The third-order valence-corrected chi connectivity index (χ3v) is 7.62. The molecule has 0 aliphatic carbocycles. The number of aromatic nitrogens is 2. The first-order valence-electron chi connectivity index (χ1n) is 10.2. The van der Waals surface area contributed by atoms with Crippen LogP contribution in [0.1, 0.15) is 35.4 Å². The third-order valence-electron chi connectivity index (χ3n) is 5.87. The van der Waals surface area contributed by atoms with Gasteiger partial charge in [-0.25, -0.2) is 8.42 Å². The van der Waals surface area contributed by atoms with E-state index in [9.17, 15) is 18.0 Å². The minimum absolute atomic E-state index is 0.00970. The smallest absolute Gasteiger partial charge is 0.274 e. The zero-order chi connectivity index (χ0) is 21.5. The molecular formula is C21H26N4O4S. The highest BCUT2D eigenvalue weighted by molar-refractivity contribution is 7.91. The van der Waals surface area contributed by atoms with Crippen molar-refractivity contribution in [3.8, 4) is 11.3 Å². The van der Waals surface area contributed by atoms with Gasteiger partial charge in [0.1, 0.15) is 0 Å². The number of benzene rings is 1. The van der Waals surface area contributed by atoms with Gasteiger partial charge in [0.2, 0.25) is 5.91 Å². The highest BCUT2D eigenvalue weighted by Crippen LogP contribution is 2.30. The van der Waals surface area contributed by atoms with Crippen LogP contribution in [0.3, 0.4) is 0 Å². The molecule has 2 saturated heterocycles. The van der Waals surface area contributed by atoms with Crippen molar-refractivity contribution in [3.05, 3.63) is 41.6 Å². The van der Waals surface area contributed by atoms with Gasteiger partial charge in [-0.05, 0) is 25.0 Å². The number of amides is 2. The van der Waals surface area contributed by atoms with Gasteiger partial charge in [0, 0.05) is 33.1 Å². The maximum absolute atomic E-state index is 13.1. The minimum Gasteiger partial charge on any atom is -0.339 e. The lowest BCUT2D eigenvalue weighted by Gasteiger charge is -2.33. The molecule has 160 valence electrons. The molecule has 9 heteroatoms. The molecule has 0 spiro atoms. The summed E-state index contributed by atoms with van der Waals surface area (Å²) < 4.78 is 25.8. The molecule has 30 heavy (non-hydrogen) atoms. The summed E-state index contributed by atoms with van der Waals surface area (Å²) >= 11 is 0. The molecule has 0 saturated carbocycles. The molecule has 2 aliphatic heterocycles. The Hall–Kier alpha value is -2.68. The van der Waals surface area contributed by atoms with Gasteiger partial charge >= 0.3 is 0 Å². The maximum Gasteiger partial charge on any atom is 0.274 e. The van der Waals surface area contributed by atoms with Crippen LogP contribution in [-0.4, -0.2) is 77.5 Å². The van der Waals surface area contributed by atoms with E-state index in [0.717, 1.165) is 16.8 Å². The number of aryl methyl sites for hydroxylation is 1. The lowest BCUT2D eigenvalue weighted by atomic mass is 10.1. The van der Waals surface area contributed by atoms with Crippen molar-refractivity contribution in [2.45, 2.75) is 26.3 Å². The monoisotopic (exact) mass is 430 g/mol. The van der Waals surface area contributed by atoms with Crippen molar-refractivity contribution in [3.63, 3.8) is 0 Å². The minimum atomic E-state index is -3.09. The van der Waals surface area contributed by atoms with E-state index in [4.69, 9.17) is 0 Å². The average Bonchev–Trinajstić information content (AvgIpc) is 3.31. The van der Waals surface area contributed by atoms with Gasteiger partial charge in [-0.3, -0.25) is 14.3 Å². The number of sulfone groups is 1. The molecule has 0 N–H and O–H groups in total. The highest BCUT2D eigenvalue weighted by Gasteiger charge is 2.33. The van der Waals surface area contributed by atoms with E-state index in [1.807, 2.05) is 31.2 Å². The molecule has 0 radical (unpaired) electrons. The topological polar surface area (TPSA) is 92.6 Å². The van der Waals surface area contributed by atoms with Crippen molar-refractivity contribution in [1.82, 2.24) is 19.6 Å². The van der Waals surface area contributed by atoms with E-state index in [1.54, 1.807) is 20.5 Å². The molecule has 3 heterocycles. The summed E-state index contributed by atoms with van der Waals surface area (Å²) in [7, 11) is -3.09. The molecule has 1 atom stereocenters. The molecule has 2 aliphatic rings. The second kappa shape index (κ2) is 7.86. The highest BCUT2D eigenvalue weighted by atomic mass is 32.2. The van der Waals surface area contributed by atoms with Gasteiger partial charge in [-0.15, -0.1) is 0 Å². The van der Waals surface area contributed by atoms with Crippen molar-refractivity contribution < 1.29 is 18.0 Å². The Morgan fingerprint density at radius 1 is 1.03 bits per heavy atom. The number of carbonyl (C=O) groups excluding carboxylic acids is 2. The Morgan fingerprint density at radius 3 is 2.23 bits per heavy atom. The van der Waals surface area contributed by atoms with E-state index in [2.05, 4.69) is 5.10 Å². The second-order valence-corrected chi connectivity index (χ2v) is 10.3. The Kier molecular flexibility index (Phi) is 5.40. The lowest BCUT2D eigenvalue weighted by Crippen LogP contribution is -2.50. The van der Waals surface area contributed by atoms with Crippen LogP contribution in [0.25, 0.3) is 11.3 Å². The van der Waals surface area contributed by atoms with Gasteiger partial charge in [-0.1, -0.05) is 29.8 Å². The summed E-state index contributed by atoms with van der Waals surface area (Å²) in [6.45, 7) is 5.47. The first-order chi connectivity index (χ1) is 14.2. The van der Waals surface area contributed by atoms with E-state index in [1.165, 1.54) is 6.92 Å². The number of hydrogen-bond donors (Lipinski definition) is 0. The normalized spacial score (nSPS) is 21.1. The first kappa shape index (κ1) is 20.6. The van der Waals surface area contributed by atoms with Crippen LogP contribution in [0.4, 0.5) is 0 Å². The number of hydrogen-bond acceptors (Lipinski definition) is 5. The summed E-state index contributed by atoms with van der Waals surface area (Å²) in [4.78, 5) is 28.1. The Bertz CT molecular complexity index is 1070. The Morgan fingerprint density at radius 2 is 1.67 bits per heavy atom. The average molecular weight is 431 g/mol. The van der Waals surface area contributed by atoms with Crippen molar-refractivity contribution in [2.75, 3.05) is 37.7 Å². The van der Waals surface area contributed by atoms with Gasteiger partial charge in [0.05, 0.1) is 23.2 Å². The summed E-state index contributed by atoms with van der Waals surface area (Å²) in [5.74, 6) is 0.00113. The van der Waals surface area contributed by atoms with Gasteiger partial charge in [-0.2, -0.15) is 5.10 Å². The fourth-order valence-corrected chi connectivity index (χ4v) is 5.76. The van der Waals surface area contributed by atoms with Gasteiger partial charge < -0.3 is 9.80 Å². The third kappa shape index (κ3) is 4.12. The lowest BCUT2D eigenvalue weighted by molar-refractivity contribution is -0.130. The van der Waals surface area contributed by atoms with Crippen molar-refractivity contribution >= 4 is 21.7 Å². The zero-order valence-electron chi connectivity index (χ0n) is 17.2. The Labute approximate surface area is 176 Å². The molecule has 2 fully saturated rings. The second-order valence-electron chi connectivity index (χ2n) is 8.08. The van der Waals surface area contributed by atoms with Crippen LogP contribution >= 0.6 is 0 Å². The molecule has 8 nitrogen and oxygen atoms in total. The first-order valence-corrected chi connectivity index (χ1v) is 12.0. The summed E-state index contributed by atoms with van der Waals surface area (Å²) in [5, 5.41) is 4.57. The van der Waals surface area contributed by atoms with Gasteiger partial charge in [0.25, 0.3) is 5.91 Å². The number of carbonyl (C=O) groups is 2. The van der Waals surface area contributed by atoms with E-state index in [-0.39, 0.29) is 29.4 Å². The number of piperazine rings is 1. The fraction of sp³-hybridized carbons (Fsp3) is 0.476. The van der Waals surface area contributed by atoms with Crippen LogP contribution in [0.5, 0.6) is 0 Å². The summed E-state index contributed by atoms with van der Waals surface area (Å²) in [6, 6.07) is 9.39. The predicted octanol–water partition coefficient (Wildman–Crippen LogP) is 1.52. The fourth-order valence-electron chi connectivity index (χ4n) is 4.07. The van der Waals surface area contributed by atoms with E-state index in [0.29, 0.717) is 38.3 Å². The van der Waals surface area contributed by atoms with Crippen molar-refractivity contribution in [1.29, 1.82) is 0 Å².